The van der Waals surface area contributed by atoms with Crippen LogP contribution in [0.15, 0.2) is 40.9 Å². The standard InChI is InChI=1S/C22H26BrNO4/c1-14-6-4-7-15(10-14)21(24-9-5-8-16(13-24)22(25)26)17-11-19(27-2)20(28-3)12-18(17)23/h4,6-7,10-12,16,21H,5,8-9,13H2,1-3H3,(H,25,26). The van der Waals surface area contributed by atoms with E-state index in [0.717, 1.165) is 35.0 Å². The van der Waals surface area contributed by atoms with Gasteiger partial charge in [0.15, 0.2) is 11.5 Å². The maximum Gasteiger partial charge on any atom is 0.307 e. The van der Waals surface area contributed by atoms with Crippen molar-refractivity contribution in [2.75, 3.05) is 27.3 Å². The number of ether oxygens (including phenoxy) is 2. The van der Waals surface area contributed by atoms with Gasteiger partial charge in [-0.15, -0.1) is 0 Å². The van der Waals surface area contributed by atoms with Crippen LogP contribution in [0.3, 0.4) is 0 Å². The number of carboxylic acid groups (broad SMARTS) is 1. The van der Waals surface area contributed by atoms with Gasteiger partial charge in [-0.1, -0.05) is 45.8 Å². The van der Waals surface area contributed by atoms with Gasteiger partial charge in [0.05, 0.1) is 26.2 Å². The zero-order valence-electron chi connectivity index (χ0n) is 16.4. The summed E-state index contributed by atoms with van der Waals surface area (Å²) in [6.45, 7) is 3.44. The molecule has 1 N–H and O–H groups in total. The first-order chi connectivity index (χ1) is 13.4. The van der Waals surface area contributed by atoms with Crippen LogP contribution < -0.4 is 9.47 Å². The molecular weight excluding hydrogens is 422 g/mol. The number of carbonyl (C=O) groups is 1. The van der Waals surface area contributed by atoms with Crippen LogP contribution in [0.4, 0.5) is 0 Å². The molecule has 1 aliphatic rings. The second-order valence-corrected chi connectivity index (χ2v) is 8.07. The van der Waals surface area contributed by atoms with Gasteiger partial charge in [0.25, 0.3) is 0 Å². The molecule has 3 rings (SSSR count). The molecule has 0 saturated carbocycles. The summed E-state index contributed by atoms with van der Waals surface area (Å²) < 4.78 is 11.9. The lowest BCUT2D eigenvalue weighted by Gasteiger charge is -2.38. The third kappa shape index (κ3) is 4.33. The van der Waals surface area contributed by atoms with Crippen LogP contribution >= 0.6 is 15.9 Å². The van der Waals surface area contributed by atoms with E-state index < -0.39 is 5.97 Å². The van der Waals surface area contributed by atoms with Gasteiger partial charge >= 0.3 is 5.97 Å². The molecule has 0 aromatic heterocycles. The summed E-state index contributed by atoms with van der Waals surface area (Å²) in [5.74, 6) is 0.243. The fraction of sp³-hybridized carbons (Fsp3) is 0.409. The number of likely N-dealkylation sites (tertiary alicyclic amines) is 1. The number of rotatable bonds is 6. The van der Waals surface area contributed by atoms with E-state index in [9.17, 15) is 9.90 Å². The van der Waals surface area contributed by atoms with Crippen LogP contribution in [-0.2, 0) is 4.79 Å². The summed E-state index contributed by atoms with van der Waals surface area (Å²) in [5.41, 5.74) is 3.35. The van der Waals surface area contributed by atoms with Gasteiger partial charge in [-0.2, -0.15) is 0 Å². The van der Waals surface area contributed by atoms with E-state index in [-0.39, 0.29) is 12.0 Å². The van der Waals surface area contributed by atoms with E-state index in [1.54, 1.807) is 14.2 Å². The zero-order chi connectivity index (χ0) is 20.3. The smallest absolute Gasteiger partial charge is 0.307 e. The van der Waals surface area contributed by atoms with E-state index in [1.807, 2.05) is 18.2 Å². The summed E-state index contributed by atoms with van der Waals surface area (Å²) in [7, 11) is 3.24. The molecule has 28 heavy (non-hydrogen) atoms. The SMILES string of the molecule is COc1cc(Br)c(C(c2cccc(C)c2)N2CCCC(C(=O)O)C2)cc1OC. The summed E-state index contributed by atoms with van der Waals surface area (Å²) >= 11 is 3.70. The average Bonchev–Trinajstić information content (AvgIpc) is 2.69. The largest absolute Gasteiger partial charge is 0.493 e. The van der Waals surface area contributed by atoms with Crippen LogP contribution in [0, 0.1) is 12.8 Å². The van der Waals surface area contributed by atoms with Crippen molar-refractivity contribution in [3.8, 4) is 11.5 Å². The van der Waals surface area contributed by atoms with E-state index in [0.29, 0.717) is 18.0 Å². The van der Waals surface area contributed by atoms with Crippen molar-refractivity contribution in [3.63, 3.8) is 0 Å². The van der Waals surface area contributed by atoms with Crippen molar-refractivity contribution in [2.45, 2.75) is 25.8 Å². The Bertz CT molecular complexity index is 854. The molecule has 150 valence electrons. The van der Waals surface area contributed by atoms with Gasteiger partial charge in [-0.05, 0) is 49.6 Å². The highest BCUT2D eigenvalue weighted by Crippen LogP contribution is 2.41. The monoisotopic (exact) mass is 447 g/mol. The quantitative estimate of drug-likeness (QED) is 0.697. The lowest BCUT2D eigenvalue weighted by molar-refractivity contribution is -0.143. The molecule has 6 heteroatoms. The Labute approximate surface area is 174 Å². The first-order valence-electron chi connectivity index (χ1n) is 9.39. The summed E-state index contributed by atoms with van der Waals surface area (Å²) in [6.07, 6.45) is 1.59. The highest BCUT2D eigenvalue weighted by atomic mass is 79.9. The van der Waals surface area contributed by atoms with E-state index in [2.05, 4.69) is 46.0 Å². The van der Waals surface area contributed by atoms with Crippen LogP contribution in [0.25, 0.3) is 0 Å². The molecule has 0 amide bonds. The molecule has 0 spiro atoms. The highest BCUT2D eigenvalue weighted by molar-refractivity contribution is 9.10. The van der Waals surface area contributed by atoms with Crippen molar-refractivity contribution < 1.29 is 19.4 Å². The minimum atomic E-state index is -0.723. The van der Waals surface area contributed by atoms with E-state index in [4.69, 9.17) is 9.47 Å². The van der Waals surface area contributed by atoms with Crippen LogP contribution in [0.2, 0.25) is 0 Å². The van der Waals surface area contributed by atoms with Crippen molar-refractivity contribution in [1.29, 1.82) is 0 Å². The molecule has 2 atom stereocenters. The molecule has 2 aromatic rings. The summed E-state index contributed by atoms with van der Waals surface area (Å²) in [5, 5.41) is 9.56. The molecule has 2 aromatic carbocycles. The molecule has 2 unspecified atom stereocenters. The predicted octanol–water partition coefficient (Wildman–Crippen LogP) is 4.66. The molecule has 0 bridgehead atoms. The number of hydrogen-bond acceptors (Lipinski definition) is 4. The maximum absolute atomic E-state index is 11.6. The summed E-state index contributed by atoms with van der Waals surface area (Å²) in [6, 6.07) is 12.2. The van der Waals surface area contributed by atoms with E-state index >= 15 is 0 Å². The Morgan fingerprint density at radius 2 is 1.93 bits per heavy atom. The Balaban J connectivity index is 2.10. The molecule has 1 heterocycles. The number of nitrogens with zero attached hydrogens (tertiary/aromatic N) is 1. The van der Waals surface area contributed by atoms with Crippen molar-refractivity contribution in [3.05, 3.63) is 57.6 Å². The minimum absolute atomic E-state index is 0.0729. The number of aryl methyl sites for hydroxylation is 1. The molecule has 1 saturated heterocycles. The lowest BCUT2D eigenvalue weighted by Crippen LogP contribution is -2.41. The first-order valence-corrected chi connectivity index (χ1v) is 10.2. The van der Waals surface area contributed by atoms with Gasteiger partial charge in [0, 0.05) is 11.0 Å². The molecule has 5 nitrogen and oxygen atoms in total. The number of methoxy groups -OCH3 is 2. The number of piperidine rings is 1. The molecule has 0 aliphatic carbocycles. The second-order valence-electron chi connectivity index (χ2n) is 7.22. The fourth-order valence-electron chi connectivity index (χ4n) is 3.95. The topological polar surface area (TPSA) is 59.0 Å². The van der Waals surface area contributed by atoms with Crippen LogP contribution in [0.1, 0.15) is 35.6 Å². The Hall–Kier alpha value is -2.05. The zero-order valence-corrected chi connectivity index (χ0v) is 18.0. The number of aliphatic carboxylic acids is 1. The fourth-order valence-corrected chi connectivity index (χ4v) is 4.49. The third-order valence-electron chi connectivity index (χ3n) is 5.32. The number of carboxylic acids is 1. The van der Waals surface area contributed by atoms with Gasteiger partial charge in [-0.25, -0.2) is 0 Å². The lowest BCUT2D eigenvalue weighted by atomic mass is 9.90. The van der Waals surface area contributed by atoms with Gasteiger partial charge in [-0.3, -0.25) is 9.69 Å². The highest BCUT2D eigenvalue weighted by Gasteiger charge is 2.32. The van der Waals surface area contributed by atoms with Crippen LogP contribution in [-0.4, -0.2) is 43.3 Å². The van der Waals surface area contributed by atoms with Gasteiger partial charge < -0.3 is 14.6 Å². The van der Waals surface area contributed by atoms with Crippen molar-refractivity contribution in [2.24, 2.45) is 5.92 Å². The third-order valence-corrected chi connectivity index (χ3v) is 6.01. The number of benzene rings is 2. The summed E-state index contributed by atoms with van der Waals surface area (Å²) in [4.78, 5) is 13.9. The molecule has 1 fully saturated rings. The van der Waals surface area contributed by atoms with Crippen molar-refractivity contribution >= 4 is 21.9 Å². The molecule has 1 aliphatic heterocycles. The molecular formula is C22H26BrNO4. The van der Waals surface area contributed by atoms with Crippen molar-refractivity contribution in [1.82, 2.24) is 4.90 Å². The predicted molar refractivity (Wildman–Crippen MR) is 112 cm³/mol. The minimum Gasteiger partial charge on any atom is -0.493 e. The Kier molecular flexibility index (Phi) is 6.62. The normalized spacial score (nSPS) is 18.5. The number of hydrogen-bond donors (Lipinski definition) is 1. The maximum atomic E-state index is 11.6. The van der Waals surface area contributed by atoms with Crippen LogP contribution in [0.5, 0.6) is 11.5 Å². The van der Waals surface area contributed by atoms with Gasteiger partial charge in [0.1, 0.15) is 0 Å². The van der Waals surface area contributed by atoms with E-state index in [1.165, 1.54) is 5.56 Å². The molecule has 0 radical (unpaired) electrons. The Morgan fingerprint density at radius 3 is 2.57 bits per heavy atom. The first kappa shape index (κ1) is 20.7. The van der Waals surface area contributed by atoms with Gasteiger partial charge in [0.2, 0.25) is 0 Å². The number of halogens is 1. The average molecular weight is 448 g/mol. The second kappa shape index (κ2) is 8.97. The Morgan fingerprint density at radius 1 is 1.21 bits per heavy atom.